The van der Waals surface area contributed by atoms with Crippen LogP contribution in [0.1, 0.15) is 26.3 Å². The largest absolute Gasteiger partial charge is 0.465 e. The number of rotatable bonds is 7. The fourth-order valence-electron chi connectivity index (χ4n) is 3.40. The first-order valence-corrected chi connectivity index (χ1v) is 10.0. The molecule has 0 atom stereocenters. The number of benzene rings is 3. The van der Waals surface area contributed by atoms with Crippen LogP contribution in [0.4, 0.5) is 19.0 Å². The van der Waals surface area contributed by atoms with Gasteiger partial charge in [-0.2, -0.15) is 13.9 Å². The van der Waals surface area contributed by atoms with Crippen molar-refractivity contribution < 1.29 is 32.2 Å². The molecule has 4 rings (SSSR count). The summed E-state index contributed by atoms with van der Waals surface area (Å²) in [6.45, 7) is -2.81. The van der Waals surface area contributed by atoms with Crippen LogP contribution in [-0.2, 0) is 11.3 Å². The van der Waals surface area contributed by atoms with Gasteiger partial charge in [-0.05, 0) is 54.1 Å². The Kier molecular flexibility index (Phi) is 6.48. The summed E-state index contributed by atoms with van der Waals surface area (Å²) in [5.74, 6) is -1.41. The first-order chi connectivity index (χ1) is 16.4. The van der Waals surface area contributed by atoms with Gasteiger partial charge in [-0.1, -0.05) is 18.2 Å². The molecule has 0 aliphatic carbocycles. The summed E-state index contributed by atoms with van der Waals surface area (Å²) in [6.07, 6.45) is 0. The van der Waals surface area contributed by atoms with E-state index in [9.17, 15) is 22.8 Å². The van der Waals surface area contributed by atoms with Crippen molar-refractivity contribution in [2.24, 2.45) is 0 Å². The second-order valence-corrected chi connectivity index (χ2v) is 7.19. The molecule has 34 heavy (non-hydrogen) atoms. The topological polar surface area (TPSA) is 82.5 Å². The summed E-state index contributed by atoms with van der Waals surface area (Å²) in [5, 5.41) is 7.42. The van der Waals surface area contributed by atoms with Gasteiger partial charge in [0.05, 0.1) is 19.2 Å². The second kappa shape index (κ2) is 9.65. The molecule has 10 heteroatoms. The molecule has 0 radical (unpaired) electrons. The molecule has 0 unspecified atom stereocenters. The molecule has 7 nitrogen and oxygen atoms in total. The Morgan fingerprint density at radius 3 is 2.32 bits per heavy atom. The lowest BCUT2D eigenvalue weighted by Gasteiger charge is -2.07. The van der Waals surface area contributed by atoms with E-state index in [1.165, 1.54) is 60.3 Å². The third-order valence-corrected chi connectivity index (χ3v) is 5.00. The van der Waals surface area contributed by atoms with Crippen LogP contribution in [0.25, 0.3) is 10.9 Å². The summed E-state index contributed by atoms with van der Waals surface area (Å²) in [7, 11) is 1.26. The van der Waals surface area contributed by atoms with Crippen molar-refractivity contribution in [3.05, 3.63) is 89.2 Å². The molecule has 1 aromatic heterocycles. The Morgan fingerprint density at radius 2 is 1.68 bits per heavy atom. The van der Waals surface area contributed by atoms with Gasteiger partial charge in [0.2, 0.25) is 0 Å². The van der Waals surface area contributed by atoms with Crippen molar-refractivity contribution in [3.63, 3.8) is 0 Å². The molecule has 4 aromatic rings. The van der Waals surface area contributed by atoms with Crippen molar-refractivity contribution in [2.75, 3.05) is 12.4 Å². The van der Waals surface area contributed by atoms with Gasteiger partial charge in [-0.3, -0.25) is 9.48 Å². The minimum absolute atomic E-state index is 0.00132. The smallest absolute Gasteiger partial charge is 0.387 e. The molecule has 0 spiro atoms. The first-order valence-electron chi connectivity index (χ1n) is 10.0. The van der Waals surface area contributed by atoms with E-state index in [2.05, 4.69) is 19.9 Å². The van der Waals surface area contributed by atoms with Crippen LogP contribution in [0.5, 0.6) is 5.75 Å². The van der Waals surface area contributed by atoms with Crippen LogP contribution in [0.15, 0.2) is 66.7 Å². The number of hydrogen-bond acceptors (Lipinski definition) is 5. The Bertz CT molecular complexity index is 1340. The number of nitrogens with one attached hydrogen (secondary N) is 1. The molecule has 0 aliphatic heterocycles. The lowest BCUT2D eigenvalue weighted by atomic mass is 10.1. The fraction of sp³-hybridized carbons (Fsp3) is 0.125. The highest BCUT2D eigenvalue weighted by atomic mass is 19.3. The summed E-state index contributed by atoms with van der Waals surface area (Å²) < 4.78 is 49.7. The van der Waals surface area contributed by atoms with E-state index in [-0.39, 0.29) is 29.2 Å². The average Bonchev–Trinajstić information content (AvgIpc) is 3.17. The molecule has 0 saturated carbocycles. The van der Waals surface area contributed by atoms with Gasteiger partial charge in [0.15, 0.2) is 5.82 Å². The monoisotopic (exact) mass is 469 g/mol. The molecule has 1 amide bonds. The van der Waals surface area contributed by atoms with E-state index in [4.69, 9.17) is 0 Å². The maximum atomic E-state index is 14.7. The van der Waals surface area contributed by atoms with Crippen LogP contribution in [0.3, 0.4) is 0 Å². The van der Waals surface area contributed by atoms with Gasteiger partial charge in [-0.15, -0.1) is 0 Å². The Hall–Kier alpha value is -4.34. The van der Waals surface area contributed by atoms with E-state index in [0.717, 1.165) is 0 Å². The normalized spacial score (nSPS) is 11.0. The number of anilines is 1. The van der Waals surface area contributed by atoms with Gasteiger partial charge in [-0.25, -0.2) is 9.18 Å². The zero-order valence-electron chi connectivity index (χ0n) is 17.8. The first kappa shape index (κ1) is 22.8. The number of carbonyl (C=O) groups excluding carboxylic acids is 2. The second-order valence-electron chi connectivity index (χ2n) is 7.19. The number of ether oxygens (including phenoxy) is 2. The van der Waals surface area contributed by atoms with Crippen molar-refractivity contribution in [3.8, 4) is 5.75 Å². The zero-order valence-corrected chi connectivity index (χ0v) is 17.8. The van der Waals surface area contributed by atoms with Crippen LogP contribution in [0.2, 0.25) is 0 Å². The quantitative estimate of drug-likeness (QED) is 0.391. The highest BCUT2D eigenvalue weighted by Gasteiger charge is 2.18. The van der Waals surface area contributed by atoms with Crippen LogP contribution in [-0.4, -0.2) is 35.4 Å². The van der Waals surface area contributed by atoms with E-state index in [0.29, 0.717) is 16.5 Å². The van der Waals surface area contributed by atoms with Crippen molar-refractivity contribution >= 4 is 28.6 Å². The van der Waals surface area contributed by atoms with Crippen LogP contribution < -0.4 is 10.1 Å². The Labute approximate surface area is 191 Å². The number of methoxy groups -OCH3 is 1. The molecule has 0 saturated heterocycles. The molecule has 0 bridgehead atoms. The summed E-state index contributed by atoms with van der Waals surface area (Å²) >= 11 is 0. The van der Waals surface area contributed by atoms with Gasteiger partial charge >= 0.3 is 12.6 Å². The number of fused-ring (bicyclic) bond motifs is 1. The maximum Gasteiger partial charge on any atom is 0.387 e. The SMILES string of the molecule is COC(=O)c1ccc(C(=O)Nc2nn(Cc3ccc(OC(F)F)cc3)c3c(F)cccc23)cc1. The van der Waals surface area contributed by atoms with E-state index >= 15 is 0 Å². The molecule has 3 aromatic carbocycles. The van der Waals surface area contributed by atoms with Crippen molar-refractivity contribution in [2.45, 2.75) is 13.2 Å². The maximum absolute atomic E-state index is 14.7. The summed E-state index contributed by atoms with van der Waals surface area (Å²) in [6, 6.07) is 16.1. The Balaban J connectivity index is 1.60. The number of nitrogens with zero attached hydrogens (tertiary/aromatic N) is 2. The highest BCUT2D eigenvalue weighted by molar-refractivity contribution is 6.08. The molecular weight excluding hydrogens is 451 g/mol. The molecule has 0 aliphatic rings. The van der Waals surface area contributed by atoms with Gasteiger partial charge in [0.25, 0.3) is 5.91 Å². The molecule has 1 N–H and O–H groups in total. The lowest BCUT2D eigenvalue weighted by Crippen LogP contribution is -2.13. The third kappa shape index (κ3) is 4.85. The minimum atomic E-state index is -2.93. The van der Waals surface area contributed by atoms with E-state index < -0.39 is 24.3 Å². The molecule has 1 heterocycles. The van der Waals surface area contributed by atoms with Gasteiger partial charge in [0.1, 0.15) is 17.1 Å². The number of alkyl halides is 2. The number of carbonyl (C=O) groups is 2. The summed E-state index contributed by atoms with van der Waals surface area (Å²) in [5.41, 5.74) is 1.39. The van der Waals surface area contributed by atoms with Crippen molar-refractivity contribution in [1.82, 2.24) is 9.78 Å². The number of aromatic nitrogens is 2. The third-order valence-electron chi connectivity index (χ3n) is 5.00. The van der Waals surface area contributed by atoms with Crippen LogP contribution >= 0.6 is 0 Å². The predicted octanol–water partition coefficient (Wildman–Crippen LogP) is 4.86. The number of esters is 1. The van der Waals surface area contributed by atoms with E-state index in [1.807, 2.05) is 0 Å². The van der Waals surface area contributed by atoms with Gasteiger partial charge < -0.3 is 14.8 Å². The fourth-order valence-corrected chi connectivity index (χ4v) is 3.40. The number of hydrogen-bond donors (Lipinski definition) is 1. The molecule has 0 fully saturated rings. The average molecular weight is 469 g/mol. The minimum Gasteiger partial charge on any atom is -0.465 e. The highest BCUT2D eigenvalue weighted by Crippen LogP contribution is 2.27. The molecule has 174 valence electrons. The number of para-hydroxylation sites is 1. The van der Waals surface area contributed by atoms with Gasteiger partial charge in [0, 0.05) is 10.9 Å². The lowest BCUT2D eigenvalue weighted by molar-refractivity contribution is -0.0498. The zero-order chi connectivity index (χ0) is 24.2. The number of amides is 1. The van der Waals surface area contributed by atoms with Crippen molar-refractivity contribution in [1.29, 1.82) is 0 Å². The van der Waals surface area contributed by atoms with Crippen LogP contribution in [0, 0.1) is 5.82 Å². The Morgan fingerprint density at radius 1 is 1.00 bits per heavy atom. The molecular formula is C24H18F3N3O4. The predicted molar refractivity (Wildman–Crippen MR) is 118 cm³/mol. The standard InChI is InChI=1S/C24H18F3N3O4/c1-33-23(32)16-9-7-15(8-10-16)22(31)28-21-18-3-2-4-19(25)20(18)30(29-21)13-14-5-11-17(12-6-14)34-24(26)27/h2-12,24H,13H2,1H3,(H,28,29,31). The number of halogens is 3. The van der Waals surface area contributed by atoms with E-state index in [1.54, 1.807) is 18.2 Å². The summed E-state index contributed by atoms with van der Waals surface area (Å²) in [4.78, 5) is 24.3.